The average Bonchev–Trinajstić information content (AvgIpc) is 3.26. The molecule has 0 N–H and O–H groups in total. The van der Waals surface area contributed by atoms with Gasteiger partial charge in [0.1, 0.15) is 11.6 Å². The van der Waals surface area contributed by atoms with Gasteiger partial charge in [0.15, 0.2) is 0 Å². The van der Waals surface area contributed by atoms with Crippen LogP contribution in [0.5, 0.6) is 0 Å². The van der Waals surface area contributed by atoms with Crippen LogP contribution < -0.4 is 0 Å². The number of hydrogen-bond donors (Lipinski definition) is 0. The van der Waals surface area contributed by atoms with E-state index in [1.54, 1.807) is 6.26 Å². The third kappa shape index (κ3) is 3.41. The predicted molar refractivity (Wildman–Crippen MR) is 90.3 cm³/mol. The minimum Gasteiger partial charge on any atom is -0.468 e. The van der Waals surface area contributed by atoms with E-state index in [4.69, 9.17) is 9.15 Å². The smallest absolute Gasteiger partial charge is 0.122 e. The molecule has 2 aromatic rings. The molecule has 0 aromatic carbocycles. The molecule has 0 amide bonds. The molecule has 4 heterocycles. The van der Waals surface area contributed by atoms with Crippen molar-refractivity contribution in [3.05, 3.63) is 42.4 Å². The van der Waals surface area contributed by atoms with Crippen molar-refractivity contribution in [2.75, 3.05) is 39.4 Å². The molecule has 24 heavy (non-hydrogen) atoms. The summed E-state index contributed by atoms with van der Waals surface area (Å²) in [5.41, 5.74) is 0.230. The van der Waals surface area contributed by atoms with Gasteiger partial charge in [0.25, 0.3) is 0 Å². The molecule has 0 radical (unpaired) electrons. The molecule has 0 saturated carbocycles. The molecule has 2 aliphatic heterocycles. The first-order valence-corrected chi connectivity index (χ1v) is 8.74. The van der Waals surface area contributed by atoms with Gasteiger partial charge >= 0.3 is 0 Å². The summed E-state index contributed by atoms with van der Waals surface area (Å²) in [5.74, 6) is 2.17. The van der Waals surface area contributed by atoms with Crippen molar-refractivity contribution in [2.24, 2.45) is 12.5 Å². The zero-order chi connectivity index (χ0) is 16.4. The lowest BCUT2D eigenvalue weighted by molar-refractivity contribution is 0.0700. The second-order valence-corrected chi connectivity index (χ2v) is 7.26. The highest BCUT2D eigenvalue weighted by molar-refractivity contribution is 5.01. The minimum atomic E-state index is 0.230. The largest absolute Gasteiger partial charge is 0.468 e. The Labute approximate surface area is 143 Å². The van der Waals surface area contributed by atoms with Gasteiger partial charge in [0, 0.05) is 44.5 Å². The Hall–Kier alpha value is -1.63. The molecule has 1 atom stereocenters. The molecular weight excluding hydrogens is 304 g/mol. The Morgan fingerprint density at radius 1 is 1.21 bits per heavy atom. The zero-order valence-electron chi connectivity index (χ0n) is 14.4. The number of hydrogen-bond acceptors (Lipinski definition) is 5. The van der Waals surface area contributed by atoms with Crippen LogP contribution >= 0.6 is 0 Å². The SMILES string of the molecule is Cn1ccnc1CN1CCOCC2(CCN(Cc3ccco3)C2)C1. The summed E-state index contributed by atoms with van der Waals surface area (Å²) < 4.78 is 13.6. The van der Waals surface area contributed by atoms with Crippen molar-refractivity contribution < 1.29 is 9.15 Å². The number of likely N-dealkylation sites (tertiary alicyclic amines) is 1. The van der Waals surface area contributed by atoms with E-state index in [1.807, 2.05) is 18.5 Å². The molecule has 2 saturated heterocycles. The fourth-order valence-corrected chi connectivity index (χ4v) is 4.00. The second kappa shape index (κ2) is 6.70. The number of aromatic nitrogens is 2. The van der Waals surface area contributed by atoms with Crippen molar-refractivity contribution in [3.63, 3.8) is 0 Å². The van der Waals surface area contributed by atoms with Crippen LogP contribution in [0.1, 0.15) is 18.0 Å². The molecular formula is C18H26N4O2. The van der Waals surface area contributed by atoms with Gasteiger partial charge in [-0.15, -0.1) is 0 Å². The van der Waals surface area contributed by atoms with Crippen molar-refractivity contribution >= 4 is 0 Å². The summed E-state index contributed by atoms with van der Waals surface area (Å²) in [5, 5.41) is 0. The molecule has 6 nitrogen and oxygen atoms in total. The first kappa shape index (κ1) is 15.9. The van der Waals surface area contributed by atoms with Gasteiger partial charge in [0.05, 0.1) is 32.6 Å². The van der Waals surface area contributed by atoms with Gasteiger partial charge in [-0.2, -0.15) is 0 Å². The second-order valence-electron chi connectivity index (χ2n) is 7.26. The maximum Gasteiger partial charge on any atom is 0.122 e. The molecule has 130 valence electrons. The highest BCUT2D eigenvalue weighted by Gasteiger charge is 2.41. The van der Waals surface area contributed by atoms with Crippen molar-refractivity contribution in [1.29, 1.82) is 0 Å². The minimum absolute atomic E-state index is 0.230. The molecule has 0 aliphatic carbocycles. The number of rotatable bonds is 4. The number of furan rings is 1. The Bertz CT molecular complexity index is 654. The van der Waals surface area contributed by atoms with Gasteiger partial charge in [-0.3, -0.25) is 9.80 Å². The molecule has 1 spiro atoms. The first-order chi connectivity index (χ1) is 11.7. The third-order valence-electron chi connectivity index (χ3n) is 5.28. The molecule has 2 aliphatic rings. The van der Waals surface area contributed by atoms with Crippen LogP contribution in [0.25, 0.3) is 0 Å². The average molecular weight is 330 g/mol. The van der Waals surface area contributed by atoms with Crippen molar-refractivity contribution in [2.45, 2.75) is 19.5 Å². The lowest BCUT2D eigenvalue weighted by atomic mass is 9.87. The Morgan fingerprint density at radius 2 is 2.08 bits per heavy atom. The van der Waals surface area contributed by atoms with E-state index >= 15 is 0 Å². The number of aryl methyl sites for hydroxylation is 1. The van der Waals surface area contributed by atoms with Crippen LogP contribution in [-0.2, 0) is 24.9 Å². The highest BCUT2D eigenvalue weighted by atomic mass is 16.5. The normalized spacial score (nSPS) is 26.2. The number of nitrogens with zero attached hydrogens (tertiary/aromatic N) is 4. The van der Waals surface area contributed by atoms with E-state index in [2.05, 4.69) is 32.5 Å². The molecule has 2 aromatic heterocycles. The fourth-order valence-electron chi connectivity index (χ4n) is 4.00. The first-order valence-electron chi connectivity index (χ1n) is 8.74. The van der Waals surface area contributed by atoms with E-state index < -0.39 is 0 Å². The lowest BCUT2D eigenvalue weighted by Gasteiger charge is -2.31. The molecule has 1 unspecified atom stereocenters. The van der Waals surface area contributed by atoms with E-state index in [0.29, 0.717) is 0 Å². The molecule has 6 heteroatoms. The van der Waals surface area contributed by atoms with E-state index in [1.165, 1.54) is 6.42 Å². The summed E-state index contributed by atoms with van der Waals surface area (Å²) in [6, 6.07) is 4.02. The summed E-state index contributed by atoms with van der Waals surface area (Å²) >= 11 is 0. The molecule has 2 fully saturated rings. The van der Waals surface area contributed by atoms with Crippen LogP contribution in [-0.4, -0.2) is 58.7 Å². The Kier molecular flexibility index (Phi) is 4.43. The van der Waals surface area contributed by atoms with Crippen LogP contribution in [0.2, 0.25) is 0 Å². The highest BCUT2D eigenvalue weighted by Crippen LogP contribution is 2.34. The fraction of sp³-hybridized carbons (Fsp3) is 0.611. The number of imidazole rings is 1. The van der Waals surface area contributed by atoms with Crippen molar-refractivity contribution in [3.8, 4) is 0 Å². The quantitative estimate of drug-likeness (QED) is 0.854. The Morgan fingerprint density at radius 3 is 2.83 bits per heavy atom. The number of ether oxygens (including phenoxy) is 1. The van der Waals surface area contributed by atoms with Gasteiger partial charge in [-0.25, -0.2) is 4.98 Å². The van der Waals surface area contributed by atoms with Gasteiger partial charge in [0.2, 0.25) is 0 Å². The van der Waals surface area contributed by atoms with E-state index in [9.17, 15) is 0 Å². The standard InChI is InChI=1S/C18H26N4O2/c1-20-7-5-19-17(20)12-22-8-10-23-15-18(14-22)4-6-21(13-18)11-16-3-2-9-24-16/h2-3,5,7,9H,4,6,8,10-15H2,1H3. The van der Waals surface area contributed by atoms with Crippen molar-refractivity contribution in [1.82, 2.24) is 19.4 Å². The van der Waals surface area contributed by atoms with Gasteiger partial charge in [-0.05, 0) is 25.1 Å². The van der Waals surface area contributed by atoms with E-state index in [-0.39, 0.29) is 5.41 Å². The topological polar surface area (TPSA) is 46.7 Å². The zero-order valence-corrected chi connectivity index (χ0v) is 14.4. The third-order valence-corrected chi connectivity index (χ3v) is 5.28. The van der Waals surface area contributed by atoms with Crippen LogP contribution in [0.4, 0.5) is 0 Å². The van der Waals surface area contributed by atoms with E-state index in [0.717, 1.165) is 64.1 Å². The van der Waals surface area contributed by atoms with Crippen LogP contribution in [0, 0.1) is 5.41 Å². The van der Waals surface area contributed by atoms with Crippen LogP contribution in [0.15, 0.2) is 35.2 Å². The maximum absolute atomic E-state index is 5.98. The summed E-state index contributed by atoms with van der Waals surface area (Å²) in [4.78, 5) is 9.48. The lowest BCUT2D eigenvalue weighted by Crippen LogP contribution is -2.40. The summed E-state index contributed by atoms with van der Waals surface area (Å²) in [6.07, 6.45) is 6.83. The monoisotopic (exact) mass is 330 g/mol. The molecule has 4 rings (SSSR count). The van der Waals surface area contributed by atoms with Gasteiger partial charge in [-0.1, -0.05) is 0 Å². The van der Waals surface area contributed by atoms with Crippen LogP contribution in [0.3, 0.4) is 0 Å². The summed E-state index contributed by atoms with van der Waals surface area (Å²) in [7, 11) is 2.06. The maximum atomic E-state index is 5.98. The van der Waals surface area contributed by atoms with Gasteiger partial charge < -0.3 is 13.7 Å². The molecule has 0 bridgehead atoms. The predicted octanol–water partition coefficient (Wildman–Crippen LogP) is 1.74. The summed E-state index contributed by atoms with van der Waals surface area (Å²) in [6.45, 7) is 7.70. The Balaban J connectivity index is 1.41.